The molecule has 2 aliphatic rings. The standard InChI is InChI=1S/C18H33NO3/c1-6-10-19(7-2)12-15-13-21-18(22-15)9-8-14(11-16(18)20)17(3,4)5/h8,15-16,20H,6-7,9-13H2,1-5H3. The average Bonchev–Trinajstić information content (AvgIpc) is 2.84. The van der Waals surface area contributed by atoms with Crippen LogP contribution in [-0.2, 0) is 9.47 Å². The molecule has 4 nitrogen and oxygen atoms in total. The number of hydrogen-bond acceptors (Lipinski definition) is 4. The SMILES string of the molecule is CCCN(CC)CC1COC2(CC=C(C(C)(C)C)CC2O)O1. The maximum atomic E-state index is 10.6. The van der Waals surface area contributed by atoms with Crippen LogP contribution >= 0.6 is 0 Å². The summed E-state index contributed by atoms with van der Waals surface area (Å²) in [5, 5.41) is 10.6. The predicted octanol–water partition coefficient (Wildman–Crippen LogP) is 2.96. The van der Waals surface area contributed by atoms with Crippen LogP contribution in [0.4, 0.5) is 0 Å². The van der Waals surface area contributed by atoms with Crippen LogP contribution in [0.15, 0.2) is 11.6 Å². The topological polar surface area (TPSA) is 41.9 Å². The first-order valence-corrected chi connectivity index (χ1v) is 8.72. The van der Waals surface area contributed by atoms with Gasteiger partial charge in [-0.15, -0.1) is 0 Å². The Hall–Kier alpha value is -0.420. The largest absolute Gasteiger partial charge is 0.387 e. The molecule has 1 fully saturated rings. The molecule has 22 heavy (non-hydrogen) atoms. The predicted molar refractivity (Wildman–Crippen MR) is 88.7 cm³/mol. The Kier molecular flexibility index (Phi) is 5.70. The van der Waals surface area contributed by atoms with E-state index in [1.807, 2.05) is 0 Å². The summed E-state index contributed by atoms with van der Waals surface area (Å²) in [4.78, 5) is 2.39. The molecule has 3 atom stereocenters. The van der Waals surface area contributed by atoms with Gasteiger partial charge in [0.25, 0.3) is 0 Å². The van der Waals surface area contributed by atoms with Crippen molar-refractivity contribution < 1.29 is 14.6 Å². The molecular formula is C18H33NO3. The number of rotatable bonds is 5. The number of nitrogens with zero attached hydrogens (tertiary/aromatic N) is 1. The molecule has 0 amide bonds. The van der Waals surface area contributed by atoms with Crippen molar-refractivity contribution in [2.45, 2.75) is 71.9 Å². The minimum Gasteiger partial charge on any atom is -0.387 e. The Morgan fingerprint density at radius 3 is 2.64 bits per heavy atom. The highest BCUT2D eigenvalue weighted by atomic mass is 16.8. The van der Waals surface area contributed by atoms with Gasteiger partial charge in [0.2, 0.25) is 0 Å². The van der Waals surface area contributed by atoms with Crippen LogP contribution in [0.3, 0.4) is 0 Å². The summed E-state index contributed by atoms with van der Waals surface area (Å²) >= 11 is 0. The lowest BCUT2D eigenvalue weighted by molar-refractivity contribution is -0.230. The minimum atomic E-state index is -0.814. The van der Waals surface area contributed by atoms with E-state index >= 15 is 0 Å². The van der Waals surface area contributed by atoms with E-state index in [4.69, 9.17) is 9.47 Å². The second kappa shape index (κ2) is 7.00. The smallest absolute Gasteiger partial charge is 0.198 e. The first-order valence-electron chi connectivity index (χ1n) is 8.72. The third kappa shape index (κ3) is 3.91. The van der Waals surface area contributed by atoms with Gasteiger partial charge in [-0.3, -0.25) is 0 Å². The summed E-state index contributed by atoms with van der Waals surface area (Å²) in [6, 6.07) is 0. The molecule has 0 saturated carbocycles. The molecule has 0 aromatic carbocycles. The van der Waals surface area contributed by atoms with Gasteiger partial charge >= 0.3 is 0 Å². The van der Waals surface area contributed by atoms with E-state index in [1.54, 1.807) is 0 Å². The van der Waals surface area contributed by atoms with Gasteiger partial charge in [0.05, 0.1) is 12.7 Å². The van der Waals surface area contributed by atoms with Crippen molar-refractivity contribution in [1.82, 2.24) is 4.90 Å². The maximum Gasteiger partial charge on any atom is 0.198 e. The molecule has 1 N–H and O–H groups in total. The number of likely N-dealkylation sites (N-methyl/N-ethyl adjacent to an activating group) is 1. The van der Waals surface area contributed by atoms with E-state index < -0.39 is 11.9 Å². The highest BCUT2D eigenvalue weighted by Gasteiger charge is 2.49. The zero-order valence-corrected chi connectivity index (χ0v) is 14.9. The van der Waals surface area contributed by atoms with Crippen molar-refractivity contribution in [3.63, 3.8) is 0 Å². The van der Waals surface area contributed by atoms with Gasteiger partial charge in [0.1, 0.15) is 6.10 Å². The van der Waals surface area contributed by atoms with Crippen molar-refractivity contribution >= 4 is 0 Å². The molecule has 128 valence electrons. The molecule has 0 aromatic rings. The number of ether oxygens (including phenoxy) is 2. The van der Waals surface area contributed by atoms with Crippen molar-refractivity contribution in [3.05, 3.63) is 11.6 Å². The van der Waals surface area contributed by atoms with Gasteiger partial charge in [0.15, 0.2) is 5.79 Å². The van der Waals surface area contributed by atoms with Gasteiger partial charge < -0.3 is 19.5 Å². The van der Waals surface area contributed by atoms with E-state index in [-0.39, 0.29) is 11.5 Å². The van der Waals surface area contributed by atoms with Gasteiger partial charge in [-0.05, 0) is 24.9 Å². The average molecular weight is 311 g/mol. The highest BCUT2D eigenvalue weighted by Crippen LogP contribution is 2.42. The summed E-state index contributed by atoms with van der Waals surface area (Å²) in [6.07, 6.45) is 4.13. The monoisotopic (exact) mass is 311 g/mol. The summed E-state index contributed by atoms with van der Waals surface area (Å²) in [7, 11) is 0. The molecular weight excluding hydrogens is 278 g/mol. The Morgan fingerprint density at radius 2 is 2.09 bits per heavy atom. The molecule has 1 aliphatic heterocycles. The second-order valence-corrected chi connectivity index (χ2v) is 7.66. The zero-order valence-electron chi connectivity index (χ0n) is 14.9. The third-order valence-electron chi connectivity index (χ3n) is 4.85. The number of aliphatic hydroxyl groups is 1. The highest BCUT2D eigenvalue weighted by molar-refractivity contribution is 5.18. The Morgan fingerprint density at radius 1 is 1.36 bits per heavy atom. The van der Waals surface area contributed by atoms with Gasteiger partial charge in [-0.1, -0.05) is 46.3 Å². The molecule has 1 heterocycles. The van der Waals surface area contributed by atoms with Crippen LogP contribution in [0.5, 0.6) is 0 Å². The first kappa shape index (κ1) is 17.9. The first-order chi connectivity index (χ1) is 10.3. The lowest BCUT2D eigenvalue weighted by atomic mass is 9.77. The molecule has 1 spiro atoms. The number of hydrogen-bond donors (Lipinski definition) is 1. The van der Waals surface area contributed by atoms with Gasteiger partial charge in [-0.2, -0.15) is 0 Å². The zero-order chi connectivity index (χ0) is 16.4. The summed E-state index contributed by atoms with van der Waals surface area (Å²) in [6.45, 7) is 14.5. The van der Waals surface area contributed by atoms with E-state index in [2.05, 4.69) is 45.6 Å². The van der Waals surface area contributed by atoms with Crippen LogP contribution in [0.1, 0.15) is 53.9 Å². The fourth-order valence-corrected chi connectivity index (χ4v) is 3.40. The van der Waals surface area contributed by atoms with Crippen LogP contribution < -0.4 is 0 Å². The molecule has 4 heteroatoms. The van der Waals surface area contributed by atoms with E-state index in [9.17, 15) is 5.11 Å². The van der Waals surface area contributed by atoms with Gasteiger partial charge in [-0.25, -0.2) is 0 Å². The lowest BCUT2D eigenvalue weighted by Gasteiger charge is -2.39. The van der Waals surface area contributed by atoms with Crippen LogP contribution in [-0.4, -0.2) is 54.2 Å². The Balaban J connectivity index is 1.98. The number of aliphatic hydroxyl groups excluding tert-OH is 1. The van der Waals surface area contributed by atoms with E-state index in [1.165, 1.54) is 5.57 Å². The van der Waals surface area contributed by atoms with Crippen molar-refractivity contribution in [1.29, 1.82) is 0 Å². The van der Waals surface area contributed by atoms with Crippen LogP contribution in [0.25, 0.3) is 0 Å². The fraction of sp³-hybridized carbons (Fsp3) is 0.889. The Labute approximate surface area is 135 Å². The molecule has 3 unspecified atom stereocenters. The quantitative estimate of drug-likeness (QED) is 0.793. The van der Waals surface area contributed by atoms with Crippen molar-refractivity contribution in [3.8, 4) is 0 Å². The van der Waals surface area contributed by atoms with E-state index in [0.717, 1.165) is 26.1 Å². The van der Waals surface area contributed by atoms with E-state index in [0.29, 0.717) is 19.4 Å². The fourth-order valence-electron chi connectivity index (χ4n) is 3.40. The molecule has 1 aliphatic carbocycles. The normalized spacial score (nSPS) is 32.8. The molecule has 0 aromatic heterocycles. The summed E-state index contributed by atoms with van der Waals surface area (Å²) in [5.41, 5.74) is 1.39. The van der Waals surface area contributed by atoms with Crippen molar-refractivity contribution in [2.24, 2.45) is 5.41 Å². The molecule has 2 rings (SSSR count). The third-order valence-corrected chi connectivity index (χ3v) is 4.85. The maximum absolute atomic E-state index is 10.6. The van der Waals surface area contributed by atoms with Crippen LogP contribution in [0, 0.1) is 5.41 Å². The van der Waals surface area contributed by atoms with Crippen molar-refractivity contribution in [2.75, 3.05) is 26.2 Å². The lowest BCUT2D eigenvalue weighted by Crippen LogP contribution is -2.47. The molecule has 0 radical (unpaired) electrons. The molecule has 1 saturated heterocycles. The second-order valence-electron chi connectivity index (χ2n) is 7.66. The van der Waals surface area contributed by atoms with Crippen LogP contribution in [0.2, 0.25) is 0 Å². The minimum absolute atomic E-state index is 0.0609. The molecule has 0 bridgehead atoms. The summed E-state index contributed by atoms with van der Waals surface area (Å²) < 4.78 is 12.1. The van der Waals surface area contributed by atoms with Gasteiger partial charge in [0, 0.05) is 19.4 Å². The Bertz CT molecular complexity index is 402. The summed E-state index contributed by atoms with van der Waals surface area (Å²) in [5.74, 6) is -0.814.